The van der Waals surface area contributed by atoms with E-state index in [1.807, 2.05) is 0 Å². The second-order valence-electron chi connectivity index (χ2n) is 6.50. The average Bonchev–Trinajstić information content (AvgIpc) is 2.50. The van der Waals surface area contributed by atoms with Gasteiger partial charge in [-0.2, -0.15) is 5.26 Å². The minimum absolute atomic E-state index is 0.0649. The summed E-state index contributed by atoms with van der Waals surface area (Å²) >= 11 is 0. The van der Waals surface area contributed by atoms with Crippen molar-refractivity contribution >= 4 is 5.91 Å². The second kappa shape index (κ2) is 7.95. The molecule has 1 heterocycles. The SMILES string of the molecule is C[C@@H]1C[C@@H](C)CN(CCCNC(=O)c2ccc(C#N)cc2)C1. The third kappa shape index (κ3) is 4.85. The van der Waals surface area contributed by atoms with Gasteiger partial charge in [0.25, 0.3) is 5.91 Å². The summed E-state index contributed by atoms with van der Waals surface area (Å²) in [4.78, 5) is 14.5. The Hall–Kier alpha value is -1.86. The molecule has 0 spiro atoms. The normalized spacial score (nSPS) is 22.0. The van der Waals surface area contributed by atoms with Crippen LogP contribution in [0.25, 0.3) is 0 Å². The second-order valence-corrected chi connectivity index (χ2v) is 6.50. The van der Waals surface area contributed by atoms with Crippen molar-refractivity contribution < 1.29 is 4.79 Å². The van der Waals surface area contributed by atoms with E-state index in [1.54, 1.807) is 24.3 Å². The molecule has 0 radical (unpaired) electrons. The maximum absolute atomic E-state index is 12.0. The van der Waals surface area contributed by atoms with Gasteiger partial charge in [0.2, 0.25) is 0 Å². The van der Waals surface area contributed by atoms with E-state index in [9.17, 15) is 4.79 Å². The number of amides is 1. The molecule has 1 saturated heterocycles. The maximum Gasteiger partial charge on any atom is 0.251 e. The lowest BCUT2D eigenvalue weighted by atomic mass is 9.92. The summed E-state index contributed by atoms with van der Waals surface area (Å²) in [6.45, 7) is 8.72. The van der Waals surface area contributed by atoms with Gasteiger partial charge in [0.05, 0.1) is 11.6 Å². The summed E-state index contributed by atoms with van der Waals surface area (Å²) in [6.07, 6.45) is 2.30. The van der Waals surface area contributed by atoms with E-state index in [0.29, 0.717) is 17.7 Å². The molecule has 0 saturated carbocycles. The van der Waals surface area contributed by atoms with Crippen LogP contribution in [-0.4, -0.2) is 37.0 Å². The molecule has 1 aromatic carbocycles. The third-order valence-corrected chi connectivity index (χ3v) is 4.16. The Morgan fingerprint density at radius 3 is 2.50 bits per heavy atom. The number of nitrogens with one attached hydrogen (secondary N) is 1. The van der Waals surface area contributed by atoms with E-state index in [-0.39, 0.29) is 5.91 Å². The summed E-state index contributed by atoms with van der Waals surface area (Å²) in [5.74, 6) is 1.49. The first-order valence-electron chi connectivity index (χ1n) is 8.09. The molecule has 2 atom stereocenters. The van der Waals surface area contributed by atoms with Gasteiger partial charge in [0.1, 0.15) is 0 Å². The predicted molar refractivity (Wildman–Crippen MR) is 87.5 cm³/mol. The summed E-state index contributed by atoms with van der Waals surface area (Å²) in [7, 11) is 0. The van der Waals surface area contributed by atoms with Crippen LogP contribution in [0, 0.1) is 23.2 Å². The van der Waals surface area contributed by atoms with Crippen LogP contribution in [0.3, 0.4) is 0 Å². The quantitative estimate of drug-likeness (QED) is 0.850. The molecule has 118 valence electrons. The van der Waals surface area contributed by atoms with Gasteiger partial charge in [0, 0.05) is 25.2 Å². The van der Waals surface area contributed by atoms with E-state index in [4.69, 9.17) is 5.26 Å². The molecule has 1 aromatic rings. The van der Waals surface area contributed by atoms with Gasteiger partial charge < -0.3 is 10.2 Å². The number of carbonyl (C=O) groups is 1. The minimum Gasteiger partial charge on any atom is -0.352 e. The molecule has 0 aliphatic carbocycles. The fourth-order valence-corrected chi connectivity index (χ4v) is 3.28. The number of carbonyl (C=O) groups excluding carboxylic acids is 1. The molecule has 2 rings (SSSR count). The molecule has 22 heavy (non-hydrogen) atoms. The van der Waals surface area contributed by atoms with Gasteiger partial charge in [-0.1, -0.05) is 13.8 Å². The van der Waals surface area contributed by atoms with E-state index in [2.05, 4.69) is 30.1 Å². The standard InChI is InChI=1S/C18H25N3O/c1-14-10-15(2)13-21(12-14)9-3-8-20-18(22)17-6-4-16(11-19)5-7-17/h4-7,14-15H,3,8-10,12-13H2,1-2H3,(H,20,22)/t14-,15-/m1/s1. The molecule has 0 bridgehead atoms. The number of rotatable bonds is 5. The lowest BCUT2D eigenvalue weighted by Crippen LogP contribution is -2.40. The Morgan fingerprint density at radius 2 is 1.91 bits per heavy atom. The number of nitrogens with zero attached hydrogens (tertiary/aromatic N) is 2. The number of hydrogen-bond donors (Lipinski definition) is 1. The zero-order valence-electron chi connectivity index (χ0n) is 13.5. The highest BCUT2D eigenvalue weighted by atomic mass is 16.1. The number of benzene rings is 1. The van der Waals surface area contributed by atoms with Crippen molar-refractivity contribution in [1.29, 1.82) is 5.26 Å². The van der Waals surface area contributed by atoms with Crippen molar-refractivity contribution in [1.82, 2.24) is 10.2 Å². The first kappa shape index (κ1) is 16.5. The van der Waals surface area contributed by atoms with Crippen LogP contribution in [0.1, 0.15) is 42.6 Å². The zero-order chi connectivity index (χ0) is 15.9. The van der Waals surface area contributed by atoms with E-state index in [0.717, 1.165) is 24.8 Å². The van der Waals surface area contributed by atoms with Crippen molar-refractivity contribution in [3.05, 3.63) is 35.4 Å². The molecule has 1 amide bonds. The fraction of sp³-hybridized carbons (Fsp3) is 0.556. The molecule has 4 nitrogen and oxygen atoms in total. The summed E-state index contributed by atoms with van der Waals surface area (Å²) in [6, 6.07) is 8.79. The fourth-order valence-electron chi connectivity index (χ4n) is 3.28. The van der Waals surface area contributed by atoms with Gasteiger partial charge in [-0.15, -0.1) is 0 Å². The van der Waals surface area contributed by atoms with Crippen LogP contribution >= 0.6 is 0 Å². The van der Waals surface area contributed by atoms with Crippen molar-refractivity contribution in [2.45, 2.75) is 26.7 Å². The van der Waals surface area contributed by atoms with Gasteiger partial charge >= 0.3 is 0 Å². The van der Waals surface area contributed by atoms with E-state index < -0.39 is 0 Å². The number of likely N-dealkylation sites (tertiary alicyclic amines) is 1. The molecule has 1 aliphatic rings. The summed E-state index contributed by atoms with van der Waals surface area (Å²) in [5, 5.41) is 11.7. The number of piperidine rings is 1. The largest absolute Gasteiger partial charge is 0.352 e. The zero-order valence-corrected chi connectivity index (χ0v) is 13.5. The highest BCUT2D eigenvalue weighted by molar-refractivity contribution is 5.94. The van der Waals surface area contributed by atoms with Crippen LogP contribution < -0.4 is 5.32 Å². The summed E-state index contributed by atoms with van der Waals surface area (Å²) < 4.78 is 0. The molecular weight excluding hydrogens is 274 g/mol. The van der Waals surface area contributed by atoms with Crippen molar-refractivity contribution in [3.8, 4) is 6.07 Å². The predicted octanol–water partition coefficient (Wildman–Crippen LogP) is 2.66. The highest BCUT2D eigenvalue weighted by Gasteiger charge is 2.21. The van der Waals surface area contributed by atoms with Crippen LogP contribution in [-0.2, 0) is 0 Å². The average molecular weight is 299 g/mol. The summed E-state index contributed by atoms with van der Waals surface area (Å²) in [5.41, 5.74) is 1.18. The van der Waals surface area contributed by atoms with Gasteiger partial charge in [-0.05, 0) is 55.5 Å². The molecule has 0 unspecified atom stereocenters. The third-order valence-electron chi connectivity index (χ3n) is 4.16. The van der Waals surface area contributed by atoms with Crippen LogP contribution in [0.4, 0.5) is 0 Å². The Kier molecular flexibility index (Phi) is 5.97. The molecule has 1 fully saturated rings. The van der Waals surface area contributed by atoms with Crippen LogP contribution in [0.5, 0.6) is 0 Å². The van der Waals surface area contributed by atoms with E-state index in [1.165, 1.54) is 19.5 Å². The molecule has 1 N–H and O–H groups in total. The lowest BCUT2D eigenvalue weighted by Gasteiger charge is -2.34. The van der Waals surface area contributed by atoms with Crippen molar-refractivity contribution in [2.24, 2.45) is 11.8 Å². The molecular formula is C18H25N3O. The Labute approximate surface area is 133 Å². The maximum atomic E-state index is 12.0. The Balaban J connectivity index is 1.69. The smallest absolute Gasteiger partial charge is 0.251 e. The Morgan fingerprint density at radius 1 is 1.27 bits per heavy atom. The van der Waals surface area contributed by atoms with Gasteiger partial charge in [0.15, 0.2) is 0 Å². The molecule has 1 aliphatic heterocycles. The van der Waals surface area contributed by atoms with E-state index >= 15 is 0 Å². The molecule has 0 aromatic heterocycles. The number of hydrogen-bond acceptors (Lipinski definition) is 3. The van der Waals surface area contributed by atoms with Gasteiger partial charge in [-0.3, -0.25) is 4.79 Å². The number of nitriles is 1. The van der Waals surface area contributed by atoms with Crippen LogP contribution in [0.2, 0.25) is 0 Å². The highest BCUT2D eigenvalue weighted by Crippen LogP contribution is 2.20. The van der Waals surface area contributed by atoms with Crippen LogP contribution in [0.15, 0.2) is 24.3 Å². The molecule has 4 heteroatoms. The van der Waals surface area contributed by atoms with Crippen molar-refractivity contribution in [3.63, 3.8) is 0 Å². The van der Waals surface area contributed by atoms with Crippen molar-refractivity contribution in [2.75, 3.05) is 26.2 Å². The lowest BCUT2D eigenvalue weighted by molar-refractivity contribution is 0.0947. The monoisotopic (exact) mass is 299 g/mol. The minimum atomic E-state index is -0.0649. The first-order chi connectivity index (χ1) is 10.6. The topological polar surface area (TPSA) is 56.1 Å². The Bertz CT molecular complexity index is 522. The van der Waals surface area contributed by atoms with Gasteiger partial charge in [-0.25, -0.2) is 0 Å². The first-order valence-corrected chi connectivity index (χ1v) is 8.09.